The molecule has 1 heterocycles. The van der Waals surface area contributed by atoms with Crippen LogP contribution < -0.4 is 5.32 Å². The van der Waals surface area contributed by atoms with E-state index in [2.05, 4.69) is 43.4 Å². The van der Waals surface area contributed by atoms with Crippen molar-refractivity contribution in [1.29, 1.82) is 0 Å². The van der Waals surface area contributed by atoms with Crippen molar-refractivity contribution in [1.82, 2.24) is 10.2 Å². The molecule has 20 heavy (non-hydrogen) atoms. The van der Waals surface area contributed by atoms with E-state index in [1.54, 1.807) is 0 Å². The van der Waals surface area contributed by atoms with Crippen LogP contribution in [0.25, 0.3) is 0 Å². The first kappa shape index (κ1) is 15.0. The number of aryl methyl sites for hydroxylation is 1. The highest BCUT2D eigenvalue weighted by Crippen LogP contribution is 2.09. The Balaban J connectivity index is 1.76. The summed E-state index contributed by atoms with van der Waals surface area (Å²) in [5.41, 5.74) is 2.65. The number of ether oxygens (including phenoxy) is 1. The molecular weight excluding hydrogens is 252 g/mol. The summed E-state index contributed by atoms with van der Waals surface area (Å²) in [5.74, 6) is 0.171. The summed E-state index contributed by atoms with van der Waals surface area (Å²) in [6.07, 6.45) is 0.947. The molecule has 4 nitrogen and oxygen atoms in total. The van der Waals surface area contributed by atoms with Gasteiger partial charge in [-0.2, -0.15) is 0 Å². The van der Waals surface area contributed by atoms with Gasteiger partial charge in [0.25, 0.3) is 0 Å². The van der Waals surface area contributed by atoms with E-state index in [4.69, 9.17) is 4.74 Å². The molecule has 0 radical (unpaired) electrons. The van der Waals surface area contributed by atoms with Crippen LogP contribution in [0.3, 0.4) is 0 Å². The van der Waals surface area contributed by atoms with Crippen LogP contribution in [-0.4, -0.2) is 49.7 Å². The van der Waals surface area contributed by atoms with Gasteiger partial charge < -0.3 is 15.0 Å². The minimum Gasteiger partial charge on any atom is -0.378 e. The summed E-state index contributed by atoms with van der Waals surface area (Å²) in [5, 5.41) is 3.32. The normalized spacial score (nSPS) is 17.0. The smallest absolute Gasteiger partial charge is 0.236 e. The molecule has 0 aliphatic carbocycles. The molecule has 0 aromatic heterocycles. The zero-order valence-corrected chi connectivity index (χ0v) is 12.4. The Morgan fingerprint density at radius 1 is 1.35 bits per heavy atom. The van der Waals surface area contributed by atoms with Crippen LogP contribution in [0.2, 0.25) is 0 Å². The third-order valence-corrected chi connectivity index (χ3v) is 3.75. The highest BCUT2D eigenvalue weighted by atomic mass is 16.5. The Kier molecular flexibility index (Phi) is 5.56. The minimum absolute atomic E-state index is 0.171. The minimum atomic E-state index is 0.171. The van der Waals surface area contributed by atoms with E-state index >= 15 is 0 Å². The molecule has 1 fully saturated rings. The number of carbonyl (C=O) groups excluding carboxylic acids is 1. The summed E-state index contributed by atoms with van der Waals surface area (Å²) in [6, 6.07) is 8.69. The molecule has 1 aliphatic heterocycles. The molecule has 110 valence electrons. The second-order valence-corrected chi connectivity index (χ2v) is 5.41. The predicted molar refractivity (Wildman–Crippen MR) is 79.7 cm³/mol. The molecule has 1 aromatic rings. The molecule has 1 amide bonds. The summed E-state index contributed by atoms with van der Waals surface area (Å²) < 4.78 is 5.25. The lowest BCUT2D eigenvalue weighted by Crippen LogP contribution is -2.46. The van der Waals surface area contributed by atoms with Gasteiger partial charge >= 0.3 is 0 Å². The van der Waals surface area contributed by atoms with Crippen molar-refractivity contribution < 1.29 is 9.53 Å². The molecule has 4 heteroatoms. The molecule has 1 aliphatic rings. The van der Waals surface area contributed by atoms with E-state index in [9.17, 15) is 4.79 Å². The molecule has 0 saturated carbocycles. The van der Waals surface area contributed by atoms with Gasteiger partial charge in [0.1, 0.15) is 0 Å². The van der Waals surface area contributed by atoms with Gasteiger partial charge in [-0.3, -0.25) is 4.79 Å². The lowest BCUT2D eigenvalue weighted by Gasteiger charge is -2.27. The van der Waals surface area contributed by atoms with Crippen LogP contribution in [0.5, 0.6) is 0 Å². The second kappa shape index (κ2) is 7.41. The van der Waals surface area contributed by atoms with Gasteiger partial charge in [-0.15, -0.1) is 0 Å². The monoisotopic (exact) mass is 276 g/mol. The number of morpholine rings is 1. The van der Waals surface area contributed by atoms with Gasteiger partial charge in [-0.05, 0) is 31.4 Å². The maximum atomic E-state index is 12.0. The second-order valence-electron chi connectivity index (χ2n) is 5.41. The average molecular weight is 276 g/mol. The number of amides is 1. The van der Waals surface area contributed by atoms with Crippen molar-refractivity contribution in [3.05, 3.63) is 35.4 Å². The molecule has 2 rings (SSSR count). The van der Waals surface area contributed by atoms with E-state index < -0.39 is 0 Å². The quantitative estimate of drug-likeness (QED) is 0.883. The van der Waals surface area contributed by atoms with Crippen LogP contribution in [0.1, 0.15) is 18.1 Å². The SMILES string of the molecule is Cc1ccccc1C[C@H](C)NCC(=O)N1CCOCC1. The molecular formula is C16H24N2O2. The largest absolute Gasteiger partial charge is 0.378 e. The van der Waals surface area contributed by atoms with E-state index in [0.29, 0.717) is 38.9 Å². The summed E-state index contributed by atoms with van der Waals surface area (Å²) in [7, 11) is 0. The van der Waals surface area contributed by atoms with Crippen LogP contribution in [0, 0.1) is 6.92 Å². The van der Waals surface area contributed by atoms with Crippen molar-refractivity contribution >= 4 is 5.91 Å². The molecule has 0 unspecified atom stereocenters. The third-order valence-electron chi connectivity index (χ3n) is 3.75. The first-order chi connectivity index (χ1) is 9.66. The molecule has 1 N–H and O–H groups in total. The molecule has 0 spiro atoms. The fraction of sp³-hybridized carbons (Fsp3) is 0.562. The zero-order valence-electron chi connectivity index (χ0n) is 12.4. The molecule has 1 aromatic carbocycles. The van der Waals surface area contributed by atoms with E-state index in [1.807, 2.05) is 4.90 Å². The lowest BCUT2D eigenvalue weighted by atomic mass is 10.0. The number of benzene rings is 1. The Hall–Kier alpha value is -1.39. The van der Waals surface area contributed by atoms with Crippen molar-refractivity contribution in [3.8, 4) is 0 Å². The van der Waals surface area contributed by atoms with Crippen molar-refractivity contribution in [2.45, 2.75) is 26.3 Å². The highest BCUT2D eigenvalue weighted by molar-refractivity contribution is 5.78. The predicted octanol–water partition coefficient (Wildman–Crippen LogP) is 1.37. The van der Waals surface area contributed by atoms with E-state index in [1.165, 1.54) is 11.1 Å². The number of nitrogens with zero attached hydrogens (tertiary/aromatic N) is 1. The summed E-state index contributed by atoms with van der Waals surface area (Å²) in [4.78, 5) is 13.9. The van der Waals surface area contributed by atoms with Crippen LogP contribution in [-0.2, 0) is 16.0 Å². The summed E-state index contributed by atoms with van der Waals surface area (Å²) in [6.45, 7) is 7.40. The summed E-state index contributed by atoms with van der Waals surface area (Å²) >= 11 is 0. The van der Waals surface area contributed by atoms with Crippen molar-refractivity contribution in [2.75, 3.05) is 32.8 Å². The number of nitrogens with one attached hydrogen (secondary N) is 1. The Morgan fingerprint density at radius 3 is 2.75 bits per heavy atom. The number of rotatable bonds is 5. The standard InChI is InChI=1S/C16H24N2O2/c1-13-5-3-4-6-15(13)11-14(2)17-12-16(19)18-7-9-20-10-8-18/h3-6,14,17H,7-12H2,1-2H3/t14-/m0/s1. The van der Waals surface area contributed by atoms with E-state index in [-0.39, 0.29) is 5.91 Å². The Labute approximate surface area is 121 Å². The number of hydrogen-bond acceptors (Lipinski definition) is 3. The first-order valence-corrected chi connectivity index (χ1v) is 7.30. The van der Waals surface area contributed by atoms with Crippen LogP contribution in [0.15, 0.2) is 24.3 Å². The van der Waals surface area contributed by atoms with Gasteiger partial charge in [-0.25, -0.2) is 0 Å². The van der Waals surface area contributed by atoms with Gasteiger partial charge in [0.15, 0.2) is 0 Å². The zero-order chi connectivity index (χ0) is 14.4. The van der Waals surface area contributed by atoms with Crippen molar-refractivity contribution in [2.24, 2.45) is 0 Å². The van der Waals surface area contributed by atoms with Gasteiger partial charge in [0.2, 0.25) is 5.91 Å². The van der Waals surface area contributed by atoms with Crippen LogP contribution in [0.4, 0.5) is 0 Å². The lowest BCUT2D eigenvalue weighted by molar-refractivity contribution is -0.134. The maximum Gasteiger partial charge on any atom is 0.236 e. The topological polar surface area (TPSA) is 41.6 Å². The Morgan fingerprint density at radius 2 is 2.05 bits per heavy atom. The number of carbonyl (C=O) groups is 1. The van der Waals surface area contributed by atoms with Gasteiger partial charge in [0.05, 0.1) is 19.8 Å². The fourth-order valence-corrected chi connectivity index (χ4v) is 2.43. The molecule has 0 bridgehead atoms. The van der Waals surface area contributed by atoms with Gasteiger partial charge in [-0.1, -0.05) is 24.3 Å². The number of hydrogen-bond donors (Lipinski definition) is 1. The fourth-order valence-electron chi connectivity index (χ4n) is 2.43. The first-order valence-electron chi connectivity index (χ1n) is 7.30. The van der Waals surface area contributed by atoms with Crippen LogP contribution >= 0.6 is 0 Å². The van der Waals surface area contributed by atoms with Crippen molar-refractivity contribution in [3.63, 3.8) is 0 Å². The Bertz CT molecular complexity index is 442. The molecule has 1 saturated heterocycles. The average Bonchev–Trinajstić information content (AvgIpc) is 2.48. The van der Waals surface area contributed by atoms with Gasteiger partial charge in [0, 0.05) is 19.1 Å². The highest BCUT2D eigenvalue weighted by Gasteiger charge is 2.17. The molecule has 1 atom stereocenters. The van der Waals surface area contributed by atoms with E-state index in [0.717, 1.165) is 6.42 Å². The third kappa shape index (κ3) is 4.32. The maximum absolute atomic E-state index is 12.0.